The van der Waals surface area contributed by atoms with Crippen LogP contribution in [0.2, 0.25) is 0 Å². The van der Waals surface area contributed by atoms with Gasteiger partial charge in [0.1, 0.15) is 11.4 Å². The number of hydrogen-bond donors (Lipinski definition) is 2. The first-order chi connectivity index (χ1) is 7.58. The van der Waals surface area contributed by atoms with Gasteiger partial charge in [0.05, 0.1) is 6.20 Å². The van der Waals surface area contributed by atoms with Crippen molar-refractivity contribution in [1.82, 2.24) is 15.1 Å². The van der Waals surface area contributed by atoms with Crippen molar-refractivity contribution in [3.8, 4) is 0 Å². The number of nitrogen functional groups attached to an aromatic ring is 1. The summed E-state index contributed by atoms with van der Waals surface area (Å²) >= 11 is 0. The first-order valence-corrected chi connectivity index (χ1v) is 5.66. The number of rotatable bonds is 4. The summed E-state index contributed by atoms with van der Waals surface area (Å²) in [5, 5.41) is 6.90. The molecule has 1 heterocycles. The van der Waals surface area contributed by atoms with Crippen molar-refractivity contribution in [2.75, 3.05) is 5.73 Å². The van der Waals surface area contributed by atoms with E-state index >= 15 is 0 Å². The van der Waals surface area contributed by atoms with E-state index in [4.69, 9.17) is 5.73 Å². The molecule has 1 aliphatic rings. The average Bonchev–Trinajstić information content (AvgIpc) is 2.94. The van der Waals surface area contributed by atoms with Gasteiger partial charge in [-0.25, -0.2) is 0 Å². The zero-order chi connectivity index (χ0) is 11.7. The van der Waals surface area contributed by atoms with Gasteiger partial charge in [0.25, 0.3) is 5.91 Å². The molecule has 0 bridgehead atoms. The topological polar surface area (TPSA) is 72.9 Å². The quantitative estimate of drug-likeness (QED) is 0.795. The summed E-state index contributed by atoms with van der Waals surface area (Å²) in [5.74, 6) is 1.09. The number of carbonyl (C=O) groups excluding carboxylic acids is 1. The molecule has 1 amide bonds. The number of aromatic nitrogens is 2. The van der Waals surface area contributed by atoms with Crippen LogP contribution in [0.5, 0.6) is 0 Å². The number of nitrogens with zero attached hydrogens (tertiary/aromatic N) is 2. The van der Waals surface area contributed by atoms with E-state index in [9.17, 15) is 4.79 Å². The molecule has 0 saturated heterocycles. The van der Waals surface area contributed by atoms with Gasteiger partial charge in [-0.05, 0) is 19.3 Å². The number of aryl methyl sites for hydroxylation is 1. The Hall–Kier alpha value is -1.52. The van der Waals surface area contributed by atoms with Gasteiger partial charge in [0.15, 0.2) is 0 Å². The van der Waals surface area contributed by atoms with Crippen molar-refractivity contribution < 1.29 is 4.79 Å². The van der Waals surface area contributed by atoms with Crippen LogP contribution in [0.4, 0.5) is 5.82 Å². The predicted octanol–water partition coefficient (Wildman–Crippen LogP) is 0.921. The minimum Gasteiger partial charge on any atom is -0.383 e. The molecule has 0 aromatic carbocycles. The summed E-state index contributed by atoms with van der Waals surface area (Å²) in [6.45, 7) is 2.03. The molecule has 1 aromatic rings. The number of nitrogens with one attached hydrogen (secondary N) is 1. The third-order valence-electron chi connectivity index (χ3n) is 2.99. The summed E-state index contributed by atoms with van der Waals surface area (Å²) in [6, 6.07) is 0.208. The van der Waals surface area contributed by atoms with Crippen LogP contribution in [-0.4, -0.2) is 21.7 Å². The molecular weight excluding hydrogens is 204 g/mol. The Bertz CT molecular complexity index is 395. The van der Waals surface area contributed by atoms with Crippen molar-refractivity contribution >= 4 is 11.7 Å². The highest BCUT2D eigenvalue weighted by Gasteiger charge is 2.25. The molecule has 1 saturated carbocycles. The van der Waals surface area contributed by atoms with Crippen LogP contribution in [0.1, 0.15) is 36.5 Å². The van der Waals surface area contributed by atoms with E-state index in [2.05, 4.69) is 10.4 Å². The maximum absolute atomic E-state index is 11.8. The maximum Gasteiger partial charge on any atom is 0.256 e. The molecule has 88 valence electrons. The normalized spacial score (nSPS) is 17.1. The first kappa shape index (κ1) is 11.0. The van der Waals surface area contributed by atoms with Gasteiger partial charge < -0.3 is 11.1 Å². The highest BCUT2D eigenvalue weighted by atomic mass is 16.1. The number of anilines is 1. The summed E-state index contributed by atoms with van der Waals surface area (Å²) in [5.41, 5.74) is 6.20. The van der Waals surface area contributed by atoms with E-state index in [0.717, 1.165) is 12.3 Å². The second-order valence-electron chi connectivity index (χ2n) is 4.62. The molecule has 1 aliphatic carbocycles. The van der Waals surface area contributed by atoms with E-state index in [1.807, 2.05) is 6.92 Å². The summed E-state index contributed by atoms with van der Waals surface area (Å²) < 4.78 is 1.50. The van der Waals surface area contributed by atoms with Crippen LogP contribution < -0.4 is 11.1 Å². The second-order valence-corrected chi connectivity index (χ2v) is 4.62. The molecule has 0 aliphatic heterocycles. The Morgan fingerprint density at radius 1 is 1.75 bits per heavy atom. The molecule has 1 aromatic heterocycles. The molecule has 1 atom stereocenters. The Labute approximate surface area is 95.0 Å². The van der Waals surface area contributed by atoms with E-state index in [-0.39, 0.29) is 11.9 Å². The predicted molar refractivity (Wildman–Crippen MR) is 61.9 cm³/mol. The van der Waals surface area contributed by atoms with Crippen LogP contribution in [-0.2, 0) is 7.05 Å². The van der Waals surface area contributed by atoms with Crippen molar-refractivity contribution in [2.45, 2.75) is 32.2 Å². The molecule has 0 spiro atoms. The van der Waals surface area contributed by atoms with E-state index in [1.54, 1.807) is 7.05 Å². The highest BCUT2D eigenvalue weighted by molar-refractivity contribution is 5.98. The van der Waals surface area contributed by atoms with Crippen LogP contribution in [0.15, 0.2) is 6.20 Å². The molecule has 1 unspecified atom stereocenters. The largest absolute Gasteiger partial charge is 0.383 e. The van der Waals surface area contributed by atoms with Crippen molar-refractivity contribution in [3.05, 3.63) is 11.8 Å². The molecule has 0 radical (unpaired) electrons. The fourth-order valence-electron chi connectivity index (χ4n) is 1.84. The van der Waals surface area contributed by atoms with Crippen LogP contribution in [0, 0.1) is 5.92 Å². The number of hydrogen-bond acceptors (Lipinski definition) is 3. The maximum atomic E-state index is 11.8. The zero-order valence-corrected chi connectivity index (χ0v) is 9.73. The lowest BCUT2D eigenvalue weighted by Crippen LogP contribution is -2.33. The van der Waals surface area contributed by atoms with Gasteiger partial charge in [-0.15, -0.1) is 0 Å². The zero-order valence-electron chi connectivity index (χ0n) is 9.73. The fraction of sp³-hybridized carbons (Fsp3) is 0.636. The molecule has 16 heavy (non-hydrogen) atoms. The third-order valence-corrected chi connectivity index (χ3v) is 2.99. The van der Waals surface area contributed by atoms with Crippen molar-refractivity contribution in [2.24, 2.45) is 13.0 Å². The monoisotopic (exact) mass is 222 g/mol. The molecule has 2 rings (SSSR count). The number of amides is 1. The minimum atomic E-state index is -0.126. The highest BCUT2D eigenvalue weighted by Crippen LogP contribution is 2.33. The Kier molecular flexibility index (Phi) is 2.85. The van der Waals surface area contributed by atoms with Crippen LogP contribution in [0.25, 0.3) is 0 Å². The van der Waals surface area contributed by atoms with E-state index in [1.165, 1.54) is 23.7 Å². The smallest absolute Gasteiger partial charge is 0.256 e. The standard InChI is InChI=1S/C11H18N4O/c1-7(5-8-3-4-8)14-11(16)9-6-13-15(2)10(9)12/h6-8H,3-5,12H2,1-2H3,(H,14,16). The van der Waals surface area contributed by atoms with Gasteiger partial charge in [-0.3, -0.25) is 9.48 Å². The van der Waals surface area contributed by atoms with Gasteiger partial charge in [0, 0.05) is 13.1 Å². The molecule has 5 nitrogen and oxygen atoms in total. The molecule has 5 heteroatoms. The number of carbonyl (C=O) groups is 1. The average molecular weight is 222 g/mol. The third kappa shape index (κ3) is 2.35. The van der Waals surface area contributed by atoms with Gasteiger partial charge >= 0.3 is 0 Å². The lowest BCUT2D eigenvalue weighted by Gasteiger charge is -2.12. The van der Waals surface area contributed by atoms with E-state index in [0.29, 0.717) is 11.4 Å². The Morgan fingerprint density at radius 2 is 2.44 bits per heavy atom. The molecule has 3 N–H and O–H groups in total. The number of nitrogens with two attached hydrogens (primary N) is 1. The van der Waals surface area contributed by atoms with E-state index < -0.39 is 0 Å². The first-order valence-electron chi connectivity index (χ1n) is 5.66. The van der Waals surface area contributed by atoms with Gasteiger partial charge in [-0.1, -0.05) is 12.8 Å². The minimum absolute atomic E-state index is 0.126. The van der Waals surface area contributed by atoms with Crippen molar-refractivity contribution in [1.29, 1.82) is 0 Å². The van der Waals surface area contributed by atoms with Gasteiger partial charge in [0.2, 0.25) is 0 Å². The lowest BCUT2D eigenvalue weighted by molar-refractivity contribution is 0.0938. The summed E-state index contributed by atoms with van der Waals surface area (Å²) in [6.07, 6.45) is 5.17. The van der Waals surface area contributed by atoms with Crippen LogP contribution in [0.3, 0.4) is 0 Å². The summed E-state index contributed by atoms with van der Waals surface area (Å²) in [7, 11) is 1.72. The van der Waals surface area contributed by atoms with Gasteiger partial charge in [-0.2, -0.15) is 5.10 Å². The SMILES string of the molecule is CC(CC1CC1)NC(=O)c1cnn(C)c1N. The fourth-order valence-corrected chi connectivity index (χ4v) is 1.84. The Balaban J connectivity index is 1.93. The Morgan fingerprint density at radius 3 is 2.94 bits per heavy atom. The summed E-state index contributed by atoms with van der Waals surface area (Å²) in [4.78, 5) is 11.8. The lowest BCUT2D eigenvalue weighted by atomic mass is 10.1. The van der Waals surface area contributed by atoms with Crippen molar-refractivity contribution in [3.63, 3.8) is 0 Å². The second kappa shape index (κ2) is 4.15. The molecule has 1 fully saturated rings. The van der Waals surface area contributed by atoms with Crippen LogP contribution >= 0.6 is 0 Å². The molecular formula is C11H18N4O.